The van der Waals surface area contributed by atoms with Crippen LogP contribution in [0.2, 0.25) is 0 Å². The number of rotatable bonds is 4. The van der Waals surface area contributed by atoms with E-state index in [0.29, 0.717) is 11.1 Å². The molecule has 0 bridgehead atoms. The van der Waals surface area contributed by atoms with Crippen molar-refractivity contribution in [3.63, 3.8) is 0 Å². The summed E-state index contributed by atoms with van der Waals surface area (Å²) in [5.41, 5.74) is 1.95. The van der Waals surface area contributed by atoms with Gasteiger partial charge in [-0.2, -0.15) is 4.31 Å². The lowest BCUT2D eigenvalue weighted by Gasteiger charge is -2.34. The fourth-order valence-electron chi connectivity index (χ4n) is 2.98. The number of ketones is 1. The second-order valence-electron chi connectivity index (χ2n) is 6.30. The zero-order valence-electron chi connectivity index (χ0n) is 14.6. The SMILES string of the molecule is CC(=O)c1cccc(S(=O)(=O)N2CCNC(=O)C2c2ccc(C)cc2)c1. The molecular formula is C19H20N2O4S. The maximum atomic E-state index is 13.2. The number of hydrogen-bond donors (Lipinski definition) is 1. The molecule has 2 aromatic rings. The molecule has 1 aliphatic rings. The van der Waals surface area contributed by atoms with Gasteiger partial charge in [-0.15, -0.1) is 0 Å². The Morgan fingerprint density at radius 1 is 1.15 bits per heavy atom. The summed E-state index contributed by atoms with van der Waals surface area (Å²) in [5.74, 6) is -0.570. The van der Waals surface area contributed by atoms with E-state index in [1.54, 1.807) is 18.2 Å². The first kappa shape index (κ1) is 18.3. The third kappa shape index (κ3) is 3.40. The number of nitrogens with zero attached hydrogens (tertiary/aromatic N) is 1. The van der Waals surface area contributed by atoms with E-state index in [9.17, 15) is 18.0 Å². The normalized spacial score (nSPS) is 18.4. The highest BCUT2D eigenvalue weighted by atomic mass is 32.2. The summed E-state index contributed by atoms with van der Waals surface area (Å²) in [7, 11) is -3.94. The van der Waals surface area contributed by atoms with Gasteiger partial charge in [0, 0.05) is 18.7 Å². The smallest absolute Gasteiger partial charge is 0.244 e. The number of carbonyl (C=O) groups is 2. The van der Waals surface area contributed by atoms with Gasteiger partial charge in [-0.3, -0.25) is 9.59 Å². The lowest BCUT2D eigenvalue weighted by atomic mass is 10.0. The standard InChI is InChI=1S/C19H20N2O4S/c1-13-6-8-15(9-7-13)18-19(23)20-10-11-21(18)26(24,25)17-5-3-4-16(12-17)14(2)22/h3-9,12,18H,10-11H2,1-2H3,(H,20,23). The Morgan fingerprint density at radius 2 is 1.85 bits per heavy atom. The monoisotopic (exact) mass is 372 g/mol. The molecule has 1 saturated heterocycles. The van der Waals surface area contributed by atoms with E-state index in [0.717, 1.165) is 5.56 Å². The van der Waals surface area contributed by atoms with Gasteiger partial charge in [0.05, 0.1) is 4.90 Å². The lowest BCUT2D eigenvalue weighted by molar-refractivity contribution is -0.126. The molecule has 136 valence electrons. The van der Waals surface area contributed by atoms with Gasteiger partial charge in [0.15, 0.2) is 5.78 Å². The van der Waals surface area contributed by atoms with Gasteiger partial charge in [0.1, 0.15) is 6.04 Å². The van der Waals surface area contributed by atoms with Crippen LogP contribution in [0.4, 0.5) is 0 Å². The van der Waals surface area contributed by atoms with Crippen LogP contribution in [0.25, 0.3) is 0 Å². The number of amides is 1. The van der Waals surface area contributed by atoms with Crippen molar-refractivity contribution in [3.05, 3.63) is 65.2 Å². The van der Waals surface area contributed by atoms with Crippen molar-refractivity contribution in [2.24, 2.45) is 0 Å². The van der Waals surface area contributed by atoms with E-state index in [2.05, 4.69) is 5.32 Å². The predicted octanol–water partition coefficient (Wildman–Crippen LogP) is 2.06. The number of carbonyl (C=O) groups excluding carboxylic acids is 2. The molecular weight excluding hydrogens is 352 g/mol. The van der Waals surface area contributed by atoms with Crippen LogP contribution in [-0.4, -0.2) is 37.5 Å². The van der Waals surface area contributed by atoms with Crippen LogP contribution < -0.4 is 5.32 Å². The van der Waals surface area contributed by atoms with Gasteiger partial charge < -0.3 is 5.32 Å². The summed E-state index contributed by atoms with van der Waals surface area (Å²) in [5, 5.41) is 2.73. The number of nitrogens with one attached hydrogen (secondary N) is 1. The number of sulfonamides is 1. The first-order chi connectivity index (χ1) is 12.3. The fourth-order valence-corrected chi connectivity index (χ4v) is 4.61. The molecule has 1 unspecified atom stereocenters. The minimum absolute atomic E-state index is 0.0111. The van der Waals surface area contributed by atoms with Crippen LogP contribution in [0.15, 0.2) is 53.4 Å². The molecule has 26 heavy (non-hydrogen) atoms. The molecule has 1 heterocycles. The first-order valence-electron chi connectivity index (χ1n) is 8.28. The van der Waals surface area contributed by atoms with E-state index in [-0.39, 0.29) is 29.7 Å². The van der Waals surface area contributed by atoms with E-state index in [4.69, 9.17) is 0 Å². The van der Waals surface area contributed by atoms with Gasteiger partial charge in [-0.1, -0.05) is 42.0 Å². The van der Waals surface area contributed by atoms with Crippen molar-refractivity contribution in [1.29, 1.82) is 0 Å². The van der Waals surface area contributed by atoms with Gasteiger partial charge in [-0.05, 0) is 31.5 Å². The third-order valence-corrected chi connectivity index (χ3v) is 6.27. The van der Waals surface area contributed by atoms with Crippen LogP contribution in [0.5, 0.6) is 0 Å². The van der Waals surface area contributed by atoms with Gasteiger partial charge in [0.25, 0.3) is 0 Å². The summed E-state index contributed by atoms with van der Waals surface area (Å²) >= 11 is 0. The molecule has 6 nitrogen and oxygen atoms in total. The Labute approximate surface area is 152 Å². The molecule has 0 aliphatic carbocycles. The highest BCUT2D eigenvalue weighted by Gasteiger charge is 2.39. The van der Waals surface area contributed by atoms with Crippen LogP contribution >= 0.6 is 0 Å². The second kappa shape index (κ2) is 7.01. The molecule has 1 N–H and O–H groups in total. The van der Waals surface area contributed by atoms with Crippen LogP contribution in [-0.2, 0) is 14.8 Å². The van der Waals surface area contributed by atoms with E-state index >= 15 is 0 Å². The van der Waals surface area contributed by atoms with Gasteiger partial charge in [0.2, 0.25) is 15.9 Å². The molecule has 0 spiro atoms. The molecule has 0 radical (unpaired) electrons. The Hall–Kier alpha value is -2.51. The Bertz CT molecular complexity index is 952. The highest BCUT2D eigenvalue weighted by Crippen LogP contribution is 2.30. The van der Waals surface area contributed by atoms with Crippen LogP contribution in [0.1, 0.15) is 34.5 Å². The molecule has 0 aromatic heterocycles. The molecule has 0 saturated carbocycles. The quantitative estimate of drug-likeness (QED) is 0.833. The van der Waals surface area contributed by atoms with E-state index in [1.807, 2.05) is 19.1 Å². The number of piperazine rings is 1. The molecule has 2 aromatic carbocycles. The molecule has 1 fully saturated rings. The summed E-state index contributed by atoms with van der Waals surface area (Å²) in [6, 6.07) is 12.2. The fraction of sp³-hybridized carbons (Fsp3) is 0.263. The zero-order valence-corrected chi connectivity index (χ0v) is 15.4. The predicted molar refractivity (Wildman–Crippen MR) is 97.3 cm³/mol. The summed E-state index contributed by atoms with van der Waals surface area (Å²) in [6.45, 7) is 3.71. The topological polar surface area (TPSA) is 83.6 Å². The van der Waals surface area contributed by atoms with Crippen molar-refractivity contribution in [2.75, 3.05) is 13.1 Å². The minimum Gasteiger partial charge on any atom is -0.353 e. The number of hydrogen-bond acceptors (Lipinski definition) is 4. The minimum atomic E-state index is -3.94. The molecule has 7 heteroatoms. The largest absolute Gasteiger partial charge is 0.353 e. The van der Waals surface area contributed by atoms with Crippen molar-refractivity contribution in [2.45, 2.75) is 24.8 Å². The lowest BCUT2D eigenvalue weighted by Crippen LogP contribution is -2.52. The van der Waals surface area contributed by atoms with Crippen molar-refractivity contribution in [3.8, 4) is 0 Å². The Morgan fingerprint density at radius 3 is 2.50 bits per heavy atom. The second-order valence-corrected chi connectivity index (χ2v) is 8.19. The van der Waals surface area contributed by atoms with Crippen LogP contribution in [0.3, 0.4) is 0 Å². The molecule has 1 atom stereocenters. The Balaban J connectivity index is 2.06. The maximum absolute atomic E-state index is 13.2. The van der Waals surface area contributed by atoms with Crippen molar-refractivity contribution in [1.82, 2.24) is 9.62 Å². The first-order valence-corrected chi connectivity index (χ1v) is 9.72. The molecule has 3 rings (SSSR count). The summed E-state index contributed by atoms with van der Waals surface area (Å²) in [6.07, 6.45) is 0. The summed E-state index contributed by atoms with van der Waals surface area (Å²) in [4.78, 5) is 24.1. The van der Waals surface area contributed by atoms with Crippen molar-refractivity contribution < 1.29 is 18.0 Å². The van der Waals surface area contributed by atoms with E-state index in [1.165, 1.54) is 29.4 Å². The zero-order chi connectivity index (χ0) is 18.9. The van der Waals surface area contributed by atoms with E-state index < -0.39 is 16.1 Å². The highest BCUT2D eigenvalue weighted by molar-refractivity contribution is 7.89. The van der Waals surface area contributed by atoms with Crippen molar-refractivity contribution >= 4 is 21.7 Å². The number of aryl methyl sites for hydroxylation is 1. The maximum Gasteiger partial charge on any atom is 0.244 e. The Kier molecular flexibility index (Phi) is 4.93. The number of Topliss-reactive ketones (excluding diaryl/α,β-unsaturated/α-hetero) is 1. The van der Waals surface area contributed by atoms with Crippen LogP contribution in [0, 0.1) is 6.92 Å². The third-order valence-electron chi connectivity index (χ3n) is 4.41. The van der Waals surface area contributed by atoms with Gasteiger partial charge >= 0.3 is 0 Å². The molecule has 1 aliphatic heterocycles. The number of benzene rings is 2. The summed E-state index contributed by atoms with van der Waals surface area (Å²) < 4.78 is 27.6. The average molecular weight is 372 g/mol. The van der Waals surface area contributed by atoms with Gasteiger partial charge in [-0.25, -0.2) is 8.42 Å². The average Bonchev–Trinajstić information content (AvgIpc) is 2.62. The molecule has 1 amide bonds.